The van der Waals surface area contributed by atoms with Crippen LogP contribution in [0.2, 0.25) is 0 Å². The number of carbonyl (C=O) groups is 2. The number of carboxylic acids is 2. The van der Waals surface area contributed by atoms with Crippen LogP contribution in [0.4, 0.5) is 0 Å². The molecule has 7 heteroatoms. The summed E-state index contributed by atoms with van der Waals surface area (Å²) in [6.07, 6.45) is 0.698. The monoisotopic (exact) mass is 330 g/mol. The van der Waals surface area contributed by atoms with Gasteiger partial charge in [0.25, 0.3) is 0 Å². The smallest absolute Gasteiger partial charge is 0.453 e. The molecule has 102 valence electrons. The van der Waals surface area contributed by atoms with E-state index >= 15 is 0 Å². The van der Waals surface area contributed by atoms with Crippen molar-refractivity contribution >= 4 is 27.9 Å². The molecule has 0 saturated heterocycles. The minimum absolute atomic E-state index is 0.107. The number of fused-ring (bicyclic) bond motifs is 1. The van der Waals surface area contributed by atoms with Crippen molar-refractivity contribution in [2.24, 2.45) is 0 Å². The third-order valence-electron chi connectivity index (χ3n) is 2.60. The maximum atomic E-state index is 11.1. The van der Waals surface area contributed by atoms with Gasteiger partial charge in [0.2, 0.25) is 0 Å². The van der Waals surface area contributed by atoms with Crippen molar-refractivity contribution in [3.8, 4) is 11.5 Å². The van der Waals surface area contributed by atoms with E-state index in [1.807, 2.05) is 6.92 Å². The fraction of sp³-hybridized carbons (Fsp3) is 0.333. The normalized spacial score (nSPS) is 16.9. The number of hydrogen-bond donors (Lipinski definition) is 2. The van der Waals surface area contributed by atoms with Gasteiger partial charge in [0, 0.05) is 4.83 Å². The summed E-state index contributed by atoms with van der Waals surface area (Å²) in [5.74, 6) is -5.87. The number of alkyl halides is 1. The van der Waals surface area contributed by atoms with Crippen molar-refractivity contribution in [1.29, 1.82) is 0 Å². The SMILES string of the molecule is C[C@@H](Br)Cc1ccc2c(c1)OC(C(=O)O)(C(=O)O)O2. The molecule has 1 atom stereocenters. The topological polar surface area (TPSA) is 93.1 Å². The molecule has 1 aromatic rings. The van der Waals surface area contributed by atoms with Gasteiger partial charge in [-0.25, -0.2) is 9.59 Å². The highest BCUT2D eigenvalue weighted by atomic mass is 79.9. The summed E-state index contributed by atoms with van der Waals surface area (Å²) in [4.78, 5) is 22.3. The largest absolute Gasteiger partial charge is 0.475 e. The van der Waals surface area contributed by atoms with Crippen molar-refractivity contribution in [3.63, 3.8) is 0 Å². The number of carboxylic acid groups (broad SMARTS) is 2. The van der Waals surface area contributed by atoms with E-state index in [0.29, 0.717) is 6.42 Å². The summed E-state index contributed by atoms with van der Waals surface area (Å²) < 4.78 is 9.95. The fourth-order valence-corrected chi connectivity index (χ4v) is 2.14. The zero-order valence-corrected chi connectivity index (χ0v) is 11.5. The lowest BCUT2D eigenvalue weighted by Crippen LogP contribution is -2.54. The lowest BCUT2D eigenvalue weighted by molar-refractivity contribution is -0.194. The average molecular weight is 331 g/mol. The first-order valence-electron chi connectivity index (χ1n) is 5.47. The van der Waals surface area contributed by atoms with Crippen molar-refractivity contribution in [1.82, 2.24) is 0 Å². The molecule has 1 aliphatic rings. The predicted molar refractivity (Wildman–Crippen MR) is 67.8 cm³/mol. The first-order chi connectivity index (χ1) is 8.85. The van der Waals surface area contributed by atoms with E-state index in [1.54, 1.807) is 12.1 Å². The quantitative estimate of drug-likeness (QED) is 0.644. The molecule has 1 aromatic carbocycles. The number of halogens is 1. The maximum Gasteiger partial charge on any atom is 0.453 e. The Hall–Kier alpha value is -1.76. The molecule has 2 N–H and O–H groups in total. The Morgan fingerprint density at radius 3 is 2.37 bits per heavy atom. The first kappa shape index (κ1) is 13.7. The van der Waals surface area contributed by atoms with E-state index < -0.39 is 17.7 Å². The second-order valence-corrected chi connectivity index (χ2v) is 5.76. The lowest BCUT2D eigenvalue weighted by Gasteiger charge is -2.16. The summed E-state index contributed by atoms with van der Waals surface area (Å²) in [5, 5.41) is 18.0. The van der Waals surface area contributed by atoms with Gasteiger partial charge in [0.1, 0.15) is 0 Å². The molecule has 1 aliphatic heterocycles. The summed E-state index contributed by atoms with van der Waals surface area (Å²) in [5.41, 5.74) is 0.887. The second-order valence-electron chi connectivity index (χ2n) is 4.20. The number of ether oxygens (including phenoxy) is 2. The van der Waals surface area contributed by atoms with E-state index in [1.165, 1.54) is 6.07 Å². The standard InChI is InChI=1S/C12H11BrO6/c1-6(13)4-7-2-3-8-9(5-7)19-12(18-8,10(14)15)11(16)17/h2-3,5-6H,4H2,1H3,(H,14,15)(H,16,17)/t6-/m1/s1. The molecule has 0 saturated carbocycles. The third-order valence-corrected chi connectivity index (χ3v) is 2.92. The van der Waals surface area contributed by atoms with Gasteiger partial charge in [-0.05, 0) is 24.1 Å². The highest BCUT2D eigenvalue weighted by molar-refractivity contribution is 9.09. The molecular formula is C12H11BrO6. The lowest BCUT2D eigenvalue weighted by atomic mass is 10.1. The van der Waals surface area contributed by atoms with Crippen LogP contribution in [0.1, 0.15) is 12.5 Å². The Kier molecular flexibility index (Phi) is 3.40. The predicted octanol–water partition coefficient (Wildman–Crippen LogP) is 1.65. The van der Waals surface area contributed by atoms with Gasteiger partial charge in [0.05, 0.1) is 0 Å². The molecule has 0 spiro atoms. The molecule has 19 heavy (non-hydrogen) atoms. The van der Waals surface area contributed by atoms with Crippen LogP contribution in [0.15, 0.2) is 18.2 Å². The van der Waals surface area contributed by atoms with Crippen LogP contribution in [0.25, 0.3) is 0 Å². The van der Waals surface area contributed by atoms with Crippen molar-refractivity contribution < 1.29 is 29.3 Å². The van der Waals surface area contributed by atoms with Gasteiger partial charge in [-0.15, -0.1) is 0 Å². The highest BCUT2D eigenvalue weighted by Gasteiger charge is 2.57. The molecule has 0 bridgehead atoms. The van der Waals surface area contributed by atoms with Crippen LogP contribution in [-0.2, 0) is 16.0 Å². The van der Waals surface area contributed by atoms with Crippen molar-refractivity contribution in [2.75, 3.05) is 0 Å². The molecule has 6 nitrogen and oxygen atoms in total. The minimum atomic E-state index is -2.69. The van der Waals surface area contributed by atoms with Gasteiger partial charge in [-0.2, -0.15) is 0 Å². The summed E-state index contributed by atoms with van der Waals surface area (Å²) >= 11 is 3.40. The van der Waals surface area contributed by atoms with Crippen LogP contribution < -0.4 is 9.47 Å². The summed E-state index contributed by atoms with van der Waals surface area (Å²) in [6.45, 7) is 1.96. The van der Waals surface area contributed by atoms with Crippen molar-refractivity contribution in [2.45, 2.75) is 24.0 Å². The molecule has 0 radical (unpaired) electrons. The first-order valence-corrected chi connectivity index (χ1v) is 6.38. The van der Waals surface area contributed by atoms with Gasteiger partial charge in [-0.1, -0.05) is 28.9 Å². The van der Waals surface area contributed by atoms with Crippen molar-refractivity contribution in [3.05, 3.63) is 23.8 Å². The Morgan fingerprint density at radius 2 is 1.84 bits per heavy atom. The zero-order valence-electron chi connectivity index (χ0n) is 9.92. The molecule has 0 aliphatic carbocycles. The molecule has 2 rings (SSSR count). The van der Waals surface area contributed by atoms with Crippen LogP contribution in [0.5, 0.6) is 11.5 Å². The molecule has 0 unspecified atom stereocenters. The second kappa shape index (κ2) is 4.73. The van der Waals surface area contributed by atoms with Crippen LogP contribution in [-0.4, -0.2) is 32.8 Å². The van der Waals surface area contributed by atoms with Crippen LogP contribution in [0, 0.1) is 0 Å². The Morgan fingerprint density at radius 1 is 1.26 bits per heavy atom. The third kappa shape index (κ3) is 2.37. The van der Waals surface area contributed by atoms with E-state index in [9.17, 15) is 9.59 Å². The summed E-state index contributed by atoms with van der Waals surface area (Å²) in [7, 11) is 0. The van der Waals surface area contributed by atoms with Crippen LogP contribution >= 0.6 is 15.9 Å². The number of rotatable bonds is 4. The average Bonchev–Trinajstić information content (AvgIpc) is 2.68. The maximum absolute atomic E-state index is 11.1. The molecule has 0 aromatic heterocycles. The van der Waals surface area contributed by atoms with E-state index in [0.717, 1.165) is 5.56 Å². The van der Waals surface area contributed by atoms with Crippen LogP contribution in [0.3, 0.4) is 0 Å². The van der Waals surface area contributed by atoms with E-state index in [4.69, 9.17) is 19.7 Å². The number of aliphatic carboxylic acids is 2. The molecule has 0 amide bonds. The molecule has 0 fully saturated rings. The molecule has 1 heterocycles. The van der Waals surface area contributed by atoms with Gasteiger partial charge >= 0.3 is 17.7 Å². The van der Waals surface area contributed by atoms with Gasteiger partial charge in [0.15, 0.2) is 11.5 Å². The Labute approximate surface area is 117 Å². The fourth-order valence-electron chi connectivity index (χ4n) is 1.76. The highest BCUT2D eigenvalue weighted by Crippen LogP contribution is 2.40. The number of benzene rings is 1. The Balaban J connectivity index is 2.34. The van der Waals surface area contributed by atoms with Gasteiger partial charge in [-0.3, -0.25) is 0 Å². The van der Waals surface area contributed by atoms with Gasteiger partial charge < -0.3 is 19.7 Å². The minimum Gasteiger partial charge on any atom is -0.475 e. The van der Waals surface area contributed by atoms with E-state index in [2.05, 4.69) is 15.9 Å². The Bertz CT molecular complexity index is 525. The molecular weight excluding hydrogens is 320 g/mol. The summed E-state index contributed by atoms with van der Waals surface area (Å²) in [6, 6.07) is 4.83. The zero-order chi connectivity index (χ0) is 14.2. The number of hydrogen-bond acceptors (Lipinski definition) is 4. The van der Waals surface area contributed by atoms with E-state index in [-0.39, 0.29) is 16.3 Å².